The summed E-state index contributed by atoms with van der Waals surface area (Å²) < 4.78 is 0. The maximum Gasteiger partial charge on any atom is 0.0961 e. The lowest BCUT2D eigenvalue weighted by Gasteiger charge is -2.01. The second-order valence-corrected chi connectivity index (χ2v) is 3.75. The van der Waals surface area contributed by atoms with E-state index >= 15 is 0 Å². The summed E-state index contributed by atoms with van der Waals surface area (Å²) in [7, 11) is 0. The highest BCUT2D eigenvalue weighted by Gasteiger charge is 1.93. The van der Waals surface area contributed by atoms with Crippen molar-refractivity contribution in [1.82, 2.24) is 10.3 Å². The number of nitrogens with zero attached hydrogens (tertiary/aromatic N) is 1. The largest absolute Gasteiger partial charge is 0.397 e. The van der Waals surface area contributed by atoms with E-state index in [9.17, 15) is 0 Å². The Morgan fingerprint density at radius 2 is 2.38 bits per heavy atom. The van der Waals surface area contributed by atoms with Crippen molar-refractivity contribution in [2.24, 2.45) is 0 Å². The molecule has 0 bridgehead atoms. The van der Waals surface area contributed by atoms with E-state index in [1.807, 2.05) is 12.1 Å². The molecule has 0 amide bonds. The van der Waals surface area contributed by atoms with Crippen molar-refractivity contribution in [2.45, 2.75) is 11.9 Å². The number of nitrogens with one attached hydrogen (secondary N) is 1. The second kappa shape index (κ2) is 5.83. The van der Waals surface area contributed by atoms with Gasteiger partial charge in [-0.1, -0.05) is 6.92 Å². The Kier molecular flexibility index (Phi) is 4.64. The van der Waals surface area contributed by atoms with E-state index < -0.39 is 0 Å². The summed E-state index contributed by atoms with van der Waals surface area (Å²) in [6.45, 7) is 4.15. The molecule has 1 rings (SSSR count). The van der Waals surface area contributed by atoms with Gasteiger partial charge in [-0.25, -0.2) is 4.98 Å². The van der Waals surface area contributed by atoms with Crippen molar-refractivity contribution in [3.05, 3.63) is 18.3 Å². The Morgan fingerprint density at radius 3 is 3.00 bits per heavy atom. The quantitative estimate of drug-likeness (QED) is 0.553. The monoisotopic (exact) mass is 197 g/mol. The minimum Gasteiger partial charge on any atom is -0.397 e. The van der Waals surface area contributed by atoms with Crippen LogP contribution in [0.2, 0.25) is 0 Å². The Morgan fingerprint density at radius 1 is 1.54 bits per heavy atom. The normalized spacial score (nSPS) is 10.2. The summed E-state index contributed by atoms with van der Waals surface area (Å²) in [6, 6.07) is 3.83. The van der Waals surface area contributed by atoms with Crippen LogP contribution in [-0.4, -0.2) is 23.8 Å². The molecule has 0 aliphatic carbocycles. The molecule has 0 radical (unpaired) electrons. The standard InChI is InChI=1S/C9H15N3S/c1-2-11-5-6-13-9-4-3-8(10)7-12-9/h3-4,7,11H,2,5-6,10H2,1H3. The van der Waals surface area contributed by atoms with Gasteiger partial charge in [0.25, 0.3) is 0 Å². The van der Waals surface area contributed by atoms with Gasteiger partial charge in [0.05, 0.1) is 16.9 Å². The second-order valence-electron chi connectivity index (χ2n) is 2.63. The minimum atomic E-state index is 0.719. The number of nitrogen functional groups attached to an aromatic ring is 1. The van der Waals surface area contributed by atoms with Crippen LogP contribution in [0.15, 0.2) is 23.4 Å². The fourth-order valence-corrected chi connectivity index (χ4v) is 1.63. The van der Waals surface area contributed by atoms with E-state index in [0.29, 0.717) is 0 Å². The van der Waals surface area contributed by atoms with Gasteiger partial charge in [0.1, 0.15) is 0 Å². The first-order chi connectivity index (χ1) is 6.33. The number of thioether (sulfide) groups is 1. The first-order valence-electron chi connectivity index (χ1n) is 4.38. The number of hydrogen-bond acceptors (Lipinski definition) is 4. The molecule has 0 saturated carbocycles. The molecule has 0 aromatic carbocycles. The minimum absolute atomic E-state index is 0.719. The average molecular weight is 197 g/mol. The van der Waals surface area contributed by atoms with Crippen LogP contribution in [0, 0.1) is 0 Å². The van der Waals surface area contributed by atoms with Gasteiger partial charge < -0.3 is 11.1 Å². The van der Waals surface area contributed by atoms with Gasteiger partial charge in [-0.2, -0.15) is 0 Å². The van der Waals surface area contributed by atoms with Crippen LogP contribution in [0.3, 0.4) is 0 Å². The molecule has 72 valence electrons. The zero-order chi connectivity index (χ0) is 9.52. The third-order valence-corrected chi connectivity index (χ3v) is 2.48. The number of rotatable bonds is 5. The van der Waals surface area contributed by atoms with Crippen molar-refractivity contribution in [2.75, 3.05) is 24.6 Å². The molecule has 0 spiro atoms. The van der Waals surface area contributed by atoms with Gasteiger partial charge in [0, 0.05) is 12.3 Å². The molecule has 3 nitrogen and oxygen atoms in total. The van der Waals surface area contributed by atoms with Crippen molar-refractivity contribution in [3.63, 3.8) is 0 Å². The Balaban J connectivity index is 2.25. The molecule has 4 heteroatoms. The number of pyridine rings is 1. The summed E-state index contributed by atoms with van der Waals surface area (Å²) in [5.41, 5.74) is 6.24. The molecule has 1 aromatic heterocycles. The molecular weight excluding hydrogens is 182 g/mol. The molecule has 0 fully saturated rings. The summed E-state index contributed by atoms with van der Waals surface area (Å²) >= 11 is 1.74. The Hall–Kier alpha value is -0.740. The summed E-state index contributed by atoms with van der Waals surface area (Å²) in [6.07, 6.45) is 1.69. The van der Waals surface area contributed by atoms with E-state index in [-0.39, 0.29) is 0 Å². The molecule has 1 aromatic rings. The van der Waals surface area contributed by atoms with Crippen molar-refractivity contribution < 1.29 is 0 Å². The Labute approximate surface area is 83.1 Å². The zero-order valence-electron chi connectivity index (χ0n) is 7.79. The summed E-state index contributed by atoms with van der Waals surface area (Å²) in [5, 5.41) is 4.29. The molecule has 0 saturated heterocycles. The zero-order valence-corrected chi connectivity index (χ0v) is 8.60. The topological polar surface area (TPSA) is 50.9 Å². The molecule has 0 aliphatic heterocycles. The Bertz CT molecular complexity index is 235. The first-order valence-corrected chi connectivity index (χ1v) is 5.36. The fourth-order valence-electron chi connectivity index (χ4n) is 0.882. The van der Waals surface area contributed by atoms with Crippen LogP contribution >= 0.6 is 11.8 Å². The van der Waals surface area contributed by atoms with Gasteiger partial charge >= 0.3 is 0 Å². The molecule has 0 unspecified atom stereocenters. The van der Waals surface area contributed by atoms with Gasteiger partial charge in [-0.05, 0) is 18.7 Å². The lowest BCUT2D eigenvalue weighted by Crippen LogP contribution is -2.15. The predicted octanol–water partition coefficient (Wildman–Crippen LogP) is 1.37. The molecule has 0 atom stereocenters. The van der Waals surface area contributed by atoms with E-state index in [0.717, 1.165) is 29.6 Å². The van der Waals surface area contributed by atoms with E-state index in [4.69, 9.17) is 5.73 Å². The highest BCUT2D eigenvalue weighted by molar-refractivity contribution is 7.99. The highest BCUT2D eigenvalue weighted by Crippen LogP contribution is 2.14. The highest BCUT2D eigenvalue weighted by atomic mass is 32.2. The molecule has 13 heavy (non-hydrogen) atoms. The van der Waals surface area contributed by atoms with Gasteiger partial charge in [0.2, 0.25) is 0 Å². The maximum atomic E-state index is 5.52. The van der Waals surface area contributed by atoms with E-state index in [1.165, 1.54) is 0 Å². The van der Waals surface area contributed by atoms with Crippen LogP contribution in [0.4, 0.5) is 5.69 Å². The van der Waals surface area contributed by atoms with E-state index in [2.05, 4.69) is 17.2 Å². The average Bonchev–Trinajstić information content (AvgIpc) is 2.15. The predicted molar refractivity (Wildman–Crippen MR) is 57.9 cm³/mol. The van der Waals surface area contributed by atoms with Gasteiger partial charge in [-0.15, -0.1) is 11.8 Å². The summed E-state index contributed by atoms with van der Waals surface area (Å²) in [5.74, 6) is 1.05. The van der Waals surface area contributed by atoms with E-state index in [1.54, 1.807) is 18.0 Å². The summed E-state index contributed by atoms with van der Waals surface area (Å²) in [4.78, 5) is 4.19. The fraction of sp³-hybridized carbons (Fsp3) is 0.444. The van der Waals surface area contributed by atoms with Crippen LogP contribution in [0.1, 0.15) is 6.92 Å². The SMILES string of the molecule is CCNCCSc1ccc(N)cn1. The number of hydrogen-bond donors (Lipinski definition) is 2. The molecule has 3 N–H and O–H groups in total. The van der Waals surface area contributed by atoms with Gasteiger partial charge in [0.15, 0.2) is 0 Å². The number of nitrogens with two attached hydrogens (primary N) is 1. The van der Waals surface area contributed by atoms with Crippen molar-refractivity contribution in [1.29, 1.82) is 0 Å². The smallest absolute Gasteiger partial charge is 0.0961 e. The van der Waals surface area contributed by atoms with Crippen molar-refractivity contribution in [3.8, 4) is 0 Å². The third-order valence-electron chi connectivity index (χ3n) is 1.54. The van der Waals surface area contributed by atoms with Crippen LogP contribution in [0.5, 0.6) is 0 Å². The number of anilines is 1. The van der Waals surface area contributed by atoms with Gasteiger partial charge in [-0.3, -0.25) is 0 Å². The first kappa shape index (κ1) is 10.3. The van der Waals surface area contributed by atoms with Crippen LogP contribution < -0.4 is 11.1 Å². The lowest BCUT2D eigenvalue weighted by molar-refractivity contribution is 0.768. The van der Waals surface area contributed by atoms with Crippen molar-refractivity contribution >= 4 is 17.4 Å². The van der Waals surface area contributed by atoms with Crippen LogP contribution in [-0.2, 0) is 0 Å². The van der Waals surface area contributed by atoms with Crippen LogP contribution in [0.25, 0.3) is 0 Å². The maximum absolute atomic E-state index is 5.52. The lowest BCUT2D eigenvalue weighted by atomic mass is 10.4. The number of aromatic nitrogens is 1. The molecule has 1 heterocycles. The molecular formula is C9H15N3S. The third kappa shape index (κ3) is 4.15. The molecule has 0 aliphatic rings.